The summed E-state index contributed by atoms with van der Waals surface area (Å²) in [6, 6.07) is 0. The molecule has 100 valence electrons. The molecular formula is C12H28O4. The third-order valence-corrected chi connectivity index (χ3v) is 1.97. The van der Waals surface area contributed by atoms with Gasteiger partial charge in [0.2, 0.25) is 0 Å². The first-order valence-corrected chi connectivity index (χ1v) is 5.92. The molecule has 1 rings (SSSR count). The zero-order chi connectivity index (χ0) is 12.8. The number of ether oxygens (including phenoxy) is 2. The highest BCUT2D eigenvalue weighted by atomic mass is 16.5. The van der Waals surface area contributed by atoms with Crippen molar-refractivity contribution in [1.82, 2.24) is 0 Å². The maximum absolute atomic E-state index is 8.11. The van der Waals surface area contributed by atoms with Crippen molar-refractivity contribution in [2.75, 3.05) is 27.4 Å². The Bertz CT molecular complexity index is 112. The van der Waals surface area contributed by atoms with Crippen LogP contribution in [0.1, 0.15) is 39.5 Å². The van der Waals surface area contributed by atoms with Crippen LogP contribution in [0.3, 0.4) is 0 Å². The average molecular weight is 236 g/mol. The monoisotopic (exact) mass is 236 g/mol. The molecule has 0 spiro atoms. The molecule has 16 heavy (non-hydrogen) atoms. The van der Waals surface area contributed by atoms with Crippen LogP contribution in [-0.2, 0) is 9.47 Å². The van der Waals surface area contributed by atoms with E-state index in [4.69, 9.17) is 14.9 Å². The van der Waals surface area contributed by atoms with E-state index in [1.54, 1.807) is 14.2 Å². The summed E-state index contributed by atoms with van der Waals surface area (Å²) in [5, 5.41) is 16.0. The van der Waals surface area contributed by atoms with E-state index in [1.807, 2.05) is 0 Å². The minimum atomic E-state index is -0.560. The molecule has 0 amide bonds. The molecule has 1 aliphatic rings. The lowest BCUT2D eigenvalue weighted by Gasteiger charge is -2.06. The Balaban J connectivity index is 0. The van der Waals surface area contributed by atoms with E-state index in [0.29, 0.717) is 6.10 Å². The topological polar surface area (TPSA) is 58.9 Å². The van der Waals surface area contributed by atoms with Crippen LogP contribution in [0.4, 0.5) is 0 Å². The van der Waals surface area contributed by atoms with Gasteiger partial charge in [-0.1, -0.05) is 12.8 Å². The maximum Gasteiger partial charge on any atom is 0.0742 e. The van der Waals surface area contributed by atoms with Crippen molar-refractivity contribution in [3.63, 3.8) is 0 Å². The van der Waals surface area contributed by atoms with Crippen LogP contribution in [0.5, 0.6) is 0 Å². The van der Waals surface area contributed by atoms with Crippen LogP contribution in [0.25, 0.3) is 0 Å². The van der Waals surface area contributed by atoms with Gasteiger partial charge in [-0.3, -0.25) is 0 Å². The number of aliphatic hydroxyl groups excluding tert-OH is 2. The van der Waals surface area contributed by atoms with Gasteiger partial charge in [-0.25, -0.2) is 0 Å². The minimum Gasteiger partial charge on any atom is -0.394 e. The lowest BCUT2D eigenvalue weighted by atomic mass is 10.3. The van der Waals surface area contributed by atoms with Crippen molar-refractivity contribution < 1.29 is 19.7 Å². The summed E-state index contributed by atoms with van der Waals surface area (Å²) in [6.45, 7) is 4.35. The Hall–Kier alpha value is -0.160. The standard InChI is InChI=1S/C7H14O.C3H8O2.C2H6O/c1-2-8-7-5-3-4-6-7;1-3(5)2-4;1-3-2/h7H,2-6H2,1H3;3-5H,2H2,1H3;1-2H3. The fourth-order valence-corrected chi connectivity index (χ4v) is 1.29. The van der Waals surface area contributed by atoms with Crippen LogP contribution < -0.4 is 0 Å². The highest BCUT2D eigenvalue weighted by Crippen LogP contribution is 2.20. The molecule has 0 aromatic carbocycles. The van der Waals surface area contributed by atoms with Gasteiger partial charge in [-0.2, -0.15) is 0 Å². The molecule has 0 bridgehead atoms. The molecule has 0 aromatic heterocycles. The number of aliphatic hydroxyl groups is 2. The Morgan fingerprint density at radius 3 is 1.88 bits per heavy atom. The van der Waals surface area contributed by atoms with Crippen LogP contribution in [-0.4, -0.2) is 49.9 Å². The second kappa shape index (κ2) is 14.8. The second-order valence-electron chi connectivity index (χ2n) is 3.80. The molecule has 4 heteroatoms. The average Bonchev–Trinajstić information content (AvgIpc) is 2.73. The first-order valence-electron chi connectivity index (χ1n) is 5.92. The third-order valence-electron chi connectivity index (χ3n) is 1.97. The fourth-order valence-electron chi connectivity index (χ4n) is 1.29. The molecule has 0 aromatic rings. The minimum absolute atomic E-state index is 0.139. The molecule has 2 N–H and O–H groups in total. The molecule has 0 radical (unpaired) electrons. The van der Waals surface area contributed by atoms with Gasteiger partial charge in [0, 0.05) is 20.8 Å². The summed E-state index contributed by atoms with van der Waals surface area (Å²) in [5.74, 6) is 0. The van der Waals surface area contributed by atoms with Gasteiger partial charge >= 0.3 is 0 Å². The Morgan fingerprint density at radius 1 is 1.25 bits per heavy atom. The van der Waals surface area contributed by atoms with E-state index in [1.165, 1.54) is 32.6 Å². The molecule has 0 aliphatic heterocycles. The Morgan fingerprint density at radius 2 is 1.62 bits per heavy atom. The van der Waals surface area contributed by atoms with Crippen LogP contribution in [0.2, 0.25) is 0 Å². The van der Waals surface area contributed by atoms with Gasteiger partial charge in [0.25, 0.3) is 0 Å². The zero-order valence-electron chi connectivity index (χ0n) is 11.1. The van der Waals surface area contributed by atoms with Gasteiger partial charge in [0.05, 0.1) is 18.8 Å². The van der Waals surface area contributed by atoms with Crippen molar-refractivity contribution >= 4 is 0 Å². The summed E-state index contributed by atoms with van der Waals surface area (Å²) in [4.78, 5) is 0. The molecule has 0 saturated heterocycles. The van der Waals surface area contributed by atoms with Crippen molar-refractivity contribution in [3.8, 4) is 0 Å². The number of hydrogen-bond acceptors (Lipinski definition) is 4. The number of methoxy groups -OCH3 is 1. The predicted molar refractivity (Wildman–Crippen MR) is 65.6 cm³/mol. The van der Waals surface area contributed by atoms with E-state index in [9.17, 15) is 0 Å². The van der Waals surface area contributed by atoms with Gasteiger partial charge in [0.15, 0.2) is 0 Å². The first-order chi connectivity index (χ1) is 7.62. The molecule has 1 unspecified atom stereocenters. The lowest BCUT2D eigenvalue weighted by molar-refractivity contribution is 0.0685. The van der Waals surface area contributed by atoms with Gasteiger partial charge in [-0.15, -0.1) is 0 Å². The van der Waals surface area contributed by atoms with E-state index in [2.05, 4.69) is 11.7 Å². The molecule has 0 heterocycles. The smallest absolute Gasteiger partial charge is 0.0742 e. The van der Waals surface area contributed by atoms with Gasteiger partial charge in [-0.05, 0) is 26.7 Å². The normalized spacial score (nSPS) is 16.9. The SMILES string of the molecule is CC(O)CO.CCOC1CCCC1.COC. The molecule has 1 aliphatic carbocycles. The zero-order valence-corrected chi connectivity index (χ0v) is 11.1. The molecule has 1 fully saturated rings. The predicted octanol–water partition coefficient (Wildman–Crippen LogP) is 1.59. The van der Waals surface area contributed by atoms with Crippen molar-refractivity contribution in [3.05, 3.63) is 0 Å². The summed E-state index contributed by atoms with van der Waals surface area (Å²) >= 11 is 0. The van der Waals surface area contributed by atoms with Crippen molar-refractivity contribution in [2.45, 2.75) is 51.7 Å². The highest BCUT2D eigenvalue weighted by molar-refractivity contribution is 4.65. The van der Waals surface area contributed by atoms with Crippen LogP contribution >= 0.6 is 0 Å². The Labute approximate surface area is 99.6 Å². The van der Waals surface area contributed by atoms with E-state index in [-0.39, 0.29) is 6.61 Å². The highest BCUT2D eigenvalue weighted by Gasteiger charge is 2.13. The Kier molecular flexibility index (Phi) is 16.9. The summed E-state index contributed by atoms with van der Waals surface area (Å²) in [7, 11) is 3.25. The number of hydrogen-bond donors (Lipinski definition) is 2. The van der Waals surface area contributed by atoms with Crippen LogP contribution in [0, 0.1) is 0 Å². The second-order valence-corrected chi connectivity index (χ2v) is 3.80. The summed E-state index contributed by atoms with van der Waals surface area (Å²) in [5.41, 5.74) is 0. The maximum atomic E-state index is 8.11. The molecular weight excluding hydrogens is 208 g/mol. The lowest BCUT2D eigenvalue weighted by Crippen LogP contribution is -2.05. The number of rotatable bonds is 3. The van der Waals surface area contributed by atoms with E-state index < -0.39 is 6.10 Å². The first kappa shape index (κ1) is 18.2. The van der Waals surface area contributed by atoms with Gasteiger partial charge in [0.1, 0.15) is 0 Å². The largest absolute Gasteiger partial charge is 0.394 e. The molecule has 4 nitrogen and oxygen atoms in total. The quantitative estimate of drug-likeness (QED) is 0.781. The summed E-state index contributed by atoms with van der Waals surface area (Å²) < 4.78 is 9.65. The van der Waals surface area contributed by atoms with E-state index >= 15 is 0 Å². The van der Waals surface area contributed by atoms with Gasteiger partial charge < -0.3 is 19.7 Å². The summed E-state index contributed by atoms with van der Waals surface area (Å²) in [6.07, 6.45) is 5.41. The van der Waals surface area contributed by atoms with Crippen molar-refractivity contribution in [2.24, 2.45) is 0 Å². The third kappa shape index (κ3) is 16.3. The fraction of sp³-hybridized carbons (Fsp3) is 1.00. The molecule has 1 saturated carbocycles. The molecule has 1 atom stereocenters. The van der Waals surface area contributed by atoms with Crippen molar-refractivity contribution in [1.29, 1.82) is 0 Å². The van der Waals surface area contributed by atoms with E-state index in [0.717, 1.165) is 6.61 Å². The van der Waals surface area contributed by atoms with Crippen LogP contribution in [0.15, 0.2) is 0 Å².